The molecule has 1 amide bonds. The molecule has 0 radical (unpaired) electrons. The fourth-order valence-electron chi connectivity index (χ4n) is 2.24. The third kappa shape index (κ3) is 3.07. The lowest BCUT2D eigenvalue weighted by Gasteiger charge is -2.16. The highest BCUT2D eigenvalue weighted by Gasteiger charge is 2.24. The van der Waals surface area contributed by atoms with Crippen molar-refractivity contribution in [2.45, 2.75) is 19.8 Å². The molecule has 1 fully saturated rings. The first-order valence-corrected chi connectivity index (χ1v) is 6.22. The summed E-state index contributed by atoms with van der Waals surface area (Å²) >= 11 is 0. The molecule has 17 heavy (non-hydrogen) atoms. The number of hydrogen-bond donors (Lipinski definition) is 1. The van der Waals surface area contributed by atoms with Gasteiger partial charge < -0.3 is 10.6 Å². The van der Waals surface area contributed by atoms with E-state index >= 15 is 0 Å². The molecule has 1 atom stereocenters. The van der Waals surface area contributed by atoms with Gasteiger partial charge in [-0.25, -0.2) is 0 Å². The minimum Gasteiger partial charge on any atom is -0.342 e. The van der Waals surface area contributed by atoms with Gasteiger partial charge >= 0.3 is 0 Å². The van der Waals surface area contributed by atoms with Gasteiger partial charge in [-0.1, -0.05) is 29.8 Å². The summed E-state index contributed by atoms with van der Waals surface area (Å²) in [6, 6.07) is 8.16. The lowest BCUT2D eigenvalue weighted by molar-refractivity contribution is -0.129. The van der Waals surface area contributed by atoms with Crippen LogP contribution in [0.4, 0.5) is 0 Å². The Balaban J connectivity index is 1.91. The Labute approximate surface area is 103 Å². The van der Waals surface area contributed by atoms with Crippen molar-refractivity contribution in [1.29, 1.82) is 0 Å². The summed E-state index contributed by atoms with van der Waals surface area (Å²) in [5.74, 6) is 0.724. The SMILES string of the molecule is Cc1ccc(CC(=O)N2CCC(CN)C2)cc1. The highest BCUT2D eigenvalue weighted by Crippen LogP contribution is 2.16. The molecule has 1 aromatic carbocycles. The van der Waals surface area contributed by atoms with Crippen LogP contribution in [-0.4, -0.2) is 30.4 Å². The zero-order valence-electron chi connectivity index (χ0n) is 10.4. The molecule has 1 saturated heterocycles. The third-order valence-electron chi connectivity index (χ3n) is 3.45. The van der Waals surface area contributed by atoms with E-state index in [1.54, 1.807) is 0 Å². The predicted molar refractivity (Wildman–Crippen MR) is 68.6 cm³/mol. The first-order valence-electron chi connectivity index (χ1n) is 6.22. The lowest BCUT2D eigenvalue weighted by Crippen LogP contribution is -2.31. The van der Waals surface area contributed by atoms with Crippen LogP contribution in [0.1, 0.15) is 17.5 Å². The summed E-state index contributed by atoms with van der Waals surface area (Å²) < 4.78 is 0. The molecule has 1 heterocycles. The molecule has 1 aliphatic rings. The van der Waals surface area contributed by atoms with Gasteiger partial charge in [0, 0.05) is 13.1 Å². The maximum absolute atomic E-state index is 12.0. The standard InChI is InChI=1S/C14H20N2O/c1-11-2-4-12(5-3-11)8-14(17)16-7-6-13(9-15)10-16/h2-5,13H,6-10,15H2,1H3. The van der Waals surface area contributed by atoms with Crippen LogP contribution < -0.4 is 5.73 Å². The van der Waals surface area contributed by atoms with Crippen LogP contribution in [0.25, 0.3) is 0 Å². The molecule has 3 heteroatoms. The number of amides is 1. The van der Waals surface area contributed by atoms with E-state index in [1.165, 1.54) is 5.56 Å². The van der Waals surface area contributed by atoms with Gasteiger partial charge in [-0.3, -0.25) is 4.79 Å². The normalized spacial score (nSPS) is 19.6. The molecular weight excluding hydrogens is 212 g/mol. The molecular formula is C14H20N2O. The Bertz CT molecular complexity index is 386. The summed E-state index contributed by atoms with van der Waals surface area (Å²) in [6.07, 6.45) is 1.56. The highest BCUT2D eigenvalue weighted by molar-refractivity contribution is 5.79. The van der Waals surface area contributed by atoms with E-state index in [2.05, 4.69) is 19.1 Å². The Hall–Kier alpha value is -1.35. The fourth-order valence-corrected chi connectivity index (χ4v) is 2.24. The lowest BCUT2D eigenvalue weighted by atomic mass is 10.1. The largest absolute Gasteiger partial charge is 0.342 e. The van der Waals surface area contributed by atoms with E-state index in [9.17, 15) is 4.79 Å². The van der Waals surface area contributed by atoms with Gasteiger partial charge in [0.05, 0.1) is 6.42 Å². The van der Waals surface area contributed by atoms with Crippen molar-refractivity contribution in [2.24, 2.45) is 11.7 Å². The molecule has 2 rings (SSSR count). The first kappa shape index (κ1) is 12.1. The van der Waals surface area contributed by atoms with Crippen LogP contribution in [0, 0.1) is 12.8 Å². The minimum absolute atomic E-state index is 0.227. The molecule has 0 bridgehead atoms. The van der Waals surface area contributed by atoms with Crippen molar-refractivity contribution < 1.29 is 4.79 Å². The summed E-state index contributed by atoms with van der Waals surface area (Å²) in [5.41, 5.74) is 7.95. The van der Waals surface area contributed by atoms with Crippen molar-refractivity contribution in [1.82, 2.24) is 4.90 Å². The maximum Gasteiger partial charge on any atom is 0.226 e. The van der Waals surface area contributed by atoms with Crippen LogP contribution in [0.3, 0.4) is 0 Å². The number of aryl methyl sites for hydroxylation is 1. The minimum atomic E-state index is 0.227. The van der Waals surface area contributed by atoms with Gasteiger partial charge in [0.2, 0.25) is 5.91 Å². The number of carbonyl (C=O) groups excluding carboxylic acids is 1. The van der Waals surface area contributed by atoms with E-state index in [0.29, 0.717) is 18.9 Å². The third-order valence-corrected chi connectivity index (χ3v) is 3.45. The molecule has 2 N–H and O–H groups in total. The van der Waals surface area contributed by atoms with E-state index in [-0.39, 0.29) is 5.91 Å². The zero-order valence-corrected chi connectivity index (χ0v) is 10.4. The second-order valence-corrected chi connectivity index (χ2v) is 4.89. The summed E-state index contributed by atoms with van der Waals surface area (Å²) in [7, 11) is 0. The van der Waals surface area contributed by atoms with Gasteiger partial charge in [-0.15, -0.1) is 0 Å². The number of likely N-dealkylation sites (tertiary alicyclic amines) is 1. The second-order valence-electron chi connectivity index (χ2n) is 4.89. The van der Waals surface area contributed by atoms with Gasteiger partial charge in [-0.05, 0) is 31.4 Å². The van der Waals surface area contributed by atoms with Crippen LogP contribution in [-0.2, 0) is 11.2 Å². The van der Waals surface area contributed by atoms with E-state index in [1.807, 2.05) is 17.0 Å². The number of hydrogen-bond acceptors (Lipinski definition) is 2. The smallest absolute Gasteiger partial charge is 0.226 e. The Morgan fingerprint density at radius 1 is 1.41 bits per heavy atom. The van der Waals surface area contributed by atoms with Crippen molar-refractivity contribution in [2.75, 3.05) is 19.6 Å². The van der Waals surface area contributed by atoms with Crippen LogP contribution in [0.15, 0.2) is 24.3 Å². The molecule has 1 unspecified atom stereocenters. The fraction of sp³-hybridized carbons (Fsp3) is 0.500. The number of nitrogens with zero attached hydrogens (tertiary/aromatic N) is 1. The molecule has 0 aromatic heterocycles. The van der Waals surface area contributed by atoms with Crippen LogP contribution in [0.5, 0.6) is 0 Å². The average Bonchev–Trinajstić information content (AvgIpc) is 2.81. The zero-order chi connectivity index (χ0) is 12.3. The van der Waals surface area contributed by atoms with Gasteiger partial charge in [0.25, 0.3) is 0 Å². The topological polar surface area (TPSA) is 46.3 Å². The van der Waals surface area contributed by atoms with Gasteiger partial charge in [0.1, 0.15) is 0 Å². The van der Waals surface area contributed by atoms with Crippen molar-refractivity contribution in [3.05, 3.63) is 35.4 Å². The van der Waals surface area contributed by atoms with Crippen LogP contribution >= 0.6 is 0 Å². The first-order chi connectivity index (χ1) is 8.19. The Morgan fingerprint density at radius 2 is 2.12 bits per heavy atom. The van der Waals surface area contributed by atoms with E-state index in [4.69, 9.17) is 5.73 Å². The summed E-state index contributed by atoms with van der Waals surface area (Å²) in [4.78, 5) is 14.0. The molecule has 0 saturated carbocycles. The number of benzene rings is 1. The van der Waals surface area contributed by atoms with Gasteiger partial charge in [0.15, 0.2) is 0 Å². The van der Waals surface area contributed by atoms with Crippen molar-refractivity contribution in [3.63, 3.8) is 0 Å². The molecule has 0 aliphatic carbocycles. The maximum atomic E-state index is 12.0. The Morgan fingerprint density at radius 3 is 2.71 bits per heavy atom. The van der Waals surface area contributed by atoms with Crippen molar-refractivity contribution >= 4 is 5.91 Å². The van der Waals surface area contributed by atoms with E-state index in [0.717, 1.165) is 25.1 Å². The van der Waals surface area contributed by atoms with Crippen molar-refractivity contribution in [3.8, 4) is 0 Å². The number of carbonyl (C=O) groups is 1. The monoisotopic (exact) mass is 232 g/mol. The molecule has 3 nitrogen and oxygen atoms in total. The summed E-state index contributed by atoms with van der Waals surface area (Å²) in [6.45, 7) is 4.44. The molecule has 1 aromatic rings. The molecule has 92 valence electrons. The Kier molecular flexibility index (Phi) is 3.79. The number of nitrogens with two attached hydrogens (primary N) is 1. The van der Waals surface area contributed by atoms with Gasteiger partial charge in [-0.2, -0.15) is 0 Å². The summed E-state index contributed by atoms with van der Waals surface area (Å²) in [5, 5.41) is 0. The quantitative estimate of drug-likeness (QED) is 0.855. The van der Waals surface area contributed by atoms with E-state index < -0.39 is 0 Å². The molecule has 1 aliphatic heterocycles. The second kappa shape index (κ2) is 5.32. The number of rotatable bonds is 3. The molecule has 0 spiro atoms. The highest BCUT2D eigenvalue weighted by atomic mass is 16.2. The average molecular weight is 232 g/mol. The van der Waals surface area contributed by atoms with Crippen LogP contribution in [0.2, 0.25) is 0 Å². The predicted octanol–water partition coefficient (Wildman–Crippen LogP) is 1.34.